The zero-order valence-electron chi connectivity index (χ0n) is 18.2. The number of amides is 2. The number of furan rings is 1. The van der Waals surface area contributed by atoms with Gasteiger partial charge in [-0.1, -0.05) is 55.0 Å². The highest BCUT2D eigenvalue weighted by molar-refractivity contribution is 8.26. The fraction of sp³-hybridized carbons (Fsp3) is 0.320. The molecular weight excluding hydrogens is 454 g/mol. The first-order valence-electron chi connectivity index (χ1n) is 11.2. The smallest absolute Gasteiger partial charge is 0.266 e. The third kappa shape index (κ3) is 4.63. The molecule has 2 fully saturated rings. The summed E-state index contributed by atoms with van der Waals surface area (Å²) in [7, 11) is 0. The highest BCUT2D eigenvalue weighted by Crippen LogP contribution is 2.35. The van der Waals surface area contributed by atoms with E-state index in [0.29, 0.717) is 28.1 Å². The summed E-state index contributed by atoms with van der Waals surface area (Å²) in [4.78, 5) is 30.2. The van der Waals surface area contributed by atoms with Crippen LogP contribution in [0.1, 0.15) is 37.0 Å². The number of para-hydroxylation sites is 1. The van der Waals surface area contributed by atoms with Crippen LogP contribution in [0.25, 0.3) is 17.0 Å². The molecule has 0 saturated carbocycles. The Hall–Kier alpha value is -2.84. The van der Waals surface area contributed by atoms with Crippen molar-refractivity contribution in [2.75, 3.05) is 13.1 Å². The summed E-state index contributed by atoms with van der Waals surface area (Å²) in [6.45, 7) is 2.29. The Morgan fingerprint density at radius 1 is 1.09 bits per heavy atom. The second kappa shape index (κ2) is 9.57. The number of nitrogens with zero attached hydrogens (tertiary/aromatic N) is 3. The Kier molecular flexibility index (Phi) is 6.37. The number of likely N-dealkylation sites (tertiary alicyclic amines) is 1. The van der Waals surface area contributed by atoms with Gasteiger partial charge in [-0.2, -0.15) is 0 Å². The molecule has 4 heterocycles. The first kappa shape index (κ1) is 22.0. The molecule has 2 aliphatic heterocycles. The largest absolute Gasteiger partial charge is 0.467 e. The van der Waals surface area contributed by atoms with Crippen molar-refractivity contribution in [1.82, 2.24) is 14.4 Å². The first-order chi connectivity index (χ1) is 16.1. The van der Waals surface area contributed by atoms with Gasteiger partial charge in [0.25, 0.3) is 5.91 Å². The summed E-state index contributed by atoms with van der Waals surface area (Å²) in [6.07, 6.45) is 9.98. The molecule has 0 atom stereocenters. The molecule has 6 nitrogen and oxygen atoms in total. The van der Waals surface area contributed by atoms with Crippen molar-refractivity contribution in [3.63, 3.8) is 0 Å². The van der Waals surface area contributed by atoms with Crippen molar-refractivity contribution in [2.45, 2.75) is 38.8 Å². The molecule has 2 amide bonds. The van der Waals surface area contributed by atoms with Crippen LogP contribution in [-0.2, 0) is 22.7 Å². The molecular formula is C25H25N3O3S2. The summed E-state index contributed by atoms with van der Waals surface area (Å²) in [6, 6.07) is 11.6. The van der Waals surface area contributed by atoms with Crippen LogP contribution in [-0.4, -0.2) is 43.6 Å². The molecule has 3 aromatic rings. The van der Waals surface area contributed by atoms with Crippen LogP contribution in [0.2, 0.25) is 0 Å². The highest BCUT2D eigenvalue weighted by Gasteiger charge is 2.33. The van der Waals surface area contributed by atoms with E-state index in [0.717, 1.165) is 42.4 Å². The van der Waals surface area contributed by atoms with Crippen molar-refractivity contribution < 1.29 is 14.0 Å². The zero-order chi connectivity index (χ0) is 22.8. The van der Waals surface area contributed by atoms with Gasteiger partial charge in [-0.05, 0) is 37.1 Å². The molecule has 1 aromatic carbocycles. The van der Waals surface area contributed by atoms with Crippen molar-refractivity contribution in [2.24, 2.45) is 0 Å². The van der Waals surface area contributed by atoms with E-state index < -0.39 is 0 Å². The van der Waals surface area contributed by atoms with Gasteiger partial charge in [0.2, 0.25) is 5.91 Å². The number of aromatic nitrogens is 1. The first-order valence-corrected chi connectivity index (χ1v) is 12.5. The van der Waals surface area contributed by atoms with Crippen LogP contribution in [0.5, 0.6) is 0 Å². The lowest BCUT2D eigenvalue weighted by Gasteiger charge is -2.20. The van der Waals surface area contributed by atoms with Crippen molar-refractivity contribution in [3.8, 4) is 0 Å². The fourth-order valence-corrected chi connectivity index (χ4v) is 5.67. The molecule has 2 aromatic heterocycles. The van der Waals surface area contributed by atoms with E-state index in [9.17, 15) is 9.59 Å². The van der Waals surface area contributed by atoms with Gasteiger partial charge in [0.15, 0.2) is 0 Å². The molecule has 170 valence electrons. The van der Waals surface area contributed by atoms with Gasteiger partial charge in [-0.3, -0.25) is 14.5 Å². The zero-order valence-corrected chi connectivity index (χ0v) is 19.9. The number of benzene rings is 1. The lowest BCUT2D eigenvalue weighted by Crippen LogP contribution is -2.34. The Morgan fingerprint density at radius 2 is 1.88 bits per heavy atom. The molecule has 0 radical (unpaired) electrons. The van der Waals surface area contributed by atoms with Gasteiger partial charge < -0.3 is 13.9 Å². The normalized spacial score (nSPS) is 18.5. The maximum atomic E-state index is 13.0. The quantitative estimate of drug-likeness (QED) is 0.379. The summed E-state index contributed by atoms with van der Waals surface area (Å²) in [5.41, 5.74) is 1.89. The number of thiocarbonyl (C=S) groups is 1. The Bertz CT molecular complexity index is 1220. The second-order valence-electron chi connectivity index (χ2n) is 8.37. The van der Waals surface area contributed by atoms with Crippen molar-refractivity contribution >= 4 is 57.1 Å². The minimum absolute atomic E-state index is 0.126. The number of carbonyl (C=O) groups is 2. The van der Waals surface area contributed by atoms with Gasteiger partial charge >= 0.3 is 0 Å². The van der Waals surface area contributed by atoms with Crippen LogP contribution in [0.4, 0.5) is 0 Å². The number of hydrogen-bond acceptors (Lipinski definition) is 5. The lowest BCUT2D eigenvalue weighted by molar-refractivity contribution is -0.131. The molecule has 2 aliphatic rings. The minimum atomic E-state index is -0.126. The SMILES string of the molecule is O=C(Cn1cc(/C=C2\SC(=S)N(Cc3ccco3)C2=O)c2ccccc21)N1CCCCCC1. The molecule has 0 spiro atoms. The van der Waals surface area contributed by atoms with E-state index in [-0.39, 0.29) is 11.8 Å². The predicted octanol–water partition coefficient (Wildman–Crippen LogP) is 5.04. The predicted molar refractivity (Wildman–Crippen MR) is 134 cm³/mol. The summed E-state index contributed by atoms with van der Waals surface area (Å²) in [5, 5.41) is 1.01. The van der Waals surface area contributed by atoms with Crippen LogP contribution < -0.4 is 0 Å². The molecule has 0 unspecified atom stereocenters. The number of hydrogen-bond donors (Lipinski definition) is 0. The van der Waals surface area contributed by atoms with Gasteiger partial charge in [0, 0.05) is 35.8 Å². The van der Waals surface area contributed by atoms with Gasteiger partial charge in [-0.15, -0.1) is 0 Å². The number of fused-ring (bicyclic) bond motifs is 1. The van der Waals surface area contributed by atoms with Crippen LogP contribution in [0.15, 0.2) is 58.2 Å². The highest BCUT2D eigenvalue weighted by atomic mass is 32.2. The molecule has 5 rings (SSSR count). The van der Waals surface area contributed by atoms with E-state index in [1.54, 1.807) is 17.2 Å². The Balaban J connectivity index is 1.41. The van der Waals surface area contributed by atoms with E-state index in [1.165, 1.54) is 24.6 Å². The van der Waals surface area contributed by atoms with Gasteiger partial charge in [-0.25, -0.2) is 0 Å². The molecule has 0 N–H and O–H groups in total. The molecule has 8 heteroatoms. The van der Waals surface area contributed by atoms with Gasteiger partial charge in [0.1, 0.15) is 16.6 Å². The monoisotopic (exact) mass is 479 g/mol. The molecule has 0 aliphatic carbocycles. The Morgan fingerprint density at radius 3 is 2.64 bits per heavy atom. The summed E-state index contributed by atoms with van der Waals surface area (Å²) in [5.74, 6) is 0.712. The lowest BCUT2D eigenvalue weighted by atomic mass is 10.1. The molecule has 33 heavy (non-hydrogen) atoms. The molecule has 0 bridgehead atoms. The van der Waals surface area contributed by atoms with Crippen LogP contribution in [0.3, 0.4) is 0 Å². The third-order valence-electron chi connectivity index (χ3n) is 6.14. The van der Waals surface area contributed by atoms with Gasteiger partial charge in [0.05, 0.1) is 17.7 Å². The minimum Gasteiger partial charge on any atom is -0.467 e. The number of rotatable bonds is 5. The number of carbonyl (C=O) groups excluding carboxylic acids is 2. The average Bonchev–Trinajstić information content (AvgIpc) is 3.43. The molecule has 2 saturated heterocycles. The van der Waals surface area contributed by atoms with Crippen LogP contribution in [0, 0.1) is 0 Å². The number of thioether (sulfide) groups is 1. The summed E-state index contributed by atoms with van der Waals surface area (Å²) >= 11 is 6.75. The maximum Gasteiger partial charge on any atom is 0.266 e. The fourth-order valence-electron chi connectivity index (χ4n) is 4.42. The van der Waals surface area contributed by atoms with Crippen LogP contribution >= 0.6 is 24.0 Å². The third-order valence-corrected chi connectivity index (χ3v) is 7.52. The average molecular weight is 480 g/mol. The maximum absolute atomic E-state index is 13.0. The topological polar surface area (TPSA) is 58.7 Å². The Labute approximate surface area is 202 Å². The van der Waals surface area contributed by atoms with Crippen molar-refractivity contribution in [3.05, 3.63) is 65.1 Å². The summed E-state index contributed by atoms with van der Waals surface area (Å²) < 4.78 is 7.89. The van der Waals surface area contributed by atoms with E-state index >= 15 is 0 Å². The van der Waals surface area contributed by atoms with E-state index in [4.69, 9.17) is 16.6 Å². The standard InChI is InChI=1S/C25H25N3O3S2/c29-23(26-11-5-1-2-6-12-26)17-27-15-18(20-9-3-4-10-21(20)27)14-22-24(30)28(25(32)33-22)16-19-8-7-13-31-19/h3-4,7-10,13-15H,1-2,5-6,11-12,16-17H2/b22-14-. The van der Waals surface area contributed by atoms with E-state index in [2.05, 4.69) is 0 Å². The van der Waals surface area contributed by atoms with E-state index in [1.807, 2.05) is 52.1 Å². The van der Waals surface area contributed by atoms with Crippen molar-refractivity contribution in [1.29, 1.82) is 0 Å². The second-order valence-corrected chi connectivity index (χ2v) is 10.0.